The highest BCUT2D eigenvalue weighted by Crippen LogP contribution is 2.38. The number of aromatic amines is 1. The van der Waals surface area contributed by atoms with E-state index in [-0.39, 0.29) is 0 Å². The molecular formula is C27H32N4OS. The molecule has 0 atom stereocenters. The van der Waals surface area contributed by atoms with Crippen molar-refractivity contribution in [2.45, 2.75) is 58.8 Å². The largest absolute Gasteiger partial charge is 0.353 e. The van der Waals surface area contributed by atoms with Crippen LogP contribution in [0.5, 0.6) is 0 Å². The van der Waals surface area contributed by atoms with Gasteiger partial charge in [-0.15, -0.1) is 11.3 Å². The van der Waals surface area contributed by atoms with Gasteiger partial charge in [0.25, 0.3) is 0 Å². The fourth-order valence-corrected chi connectivity index (χ4v) is 5.94. The van der Waals surface area contributed by atoms with Gasteiger partial charge in [0.2, 0.25) is 0 Å². The van der Waals surface area contributed by atoms with Crippen molar-refractivity contribution in [2.75, 3.05) is 19.6 Å². The molecule has 5 nitrogen and oxygen atoms in total. The molecule has 0 amide bonds. The number of hydrogen-bond acceptors (Lipinski definition) is 5. The van der Waals surface area contributed by atoms with E-state index in [1.807, 2.05) is 12.4 Å². The molecule has 33 heavy (non-hydrogen) atoms. The minimum atomic E-state index is 0.344. The summed E-state index contributed by atoms with van der Waals surface area (Å²) in [5, 5.41) is 1.31. The summed E-state index contributed by atoms with van der Waals surface area (Å²) < 4.78 is 0. The SMILES string of the molecule is CCC(=O)CN1CCC(c2ccc3[nH]c(-c4cc(C)c5ncsc5n4)c(C(C)C)c3c2)CC1. The lowest BCUT2D eigenvalue weighted by atomic mass is 9.87. The first kappa shape index (κ1) is 22.2. The number of nitrogens with one attached hydrogen (secondary N) is 1. The van der Waals surface area contributed by atoms with Gasteiger partial charge >= 0.3 is 0 Å². The van der Waals surface area contributed by atoms with E-state index in [1.165, 1.54) is 27.6 Å². The van der Waals surface area contributed by atoms with Gasteiger partial charge in [-0.3, -0.25) is 9.69 Å². The quantitative estimate of drug-likeness (QED) is 0.360. The van der Waals surface area contributed by atoms with Crippen LogP contribution in [0.4, 0.5) is 0 Å². The molecule has 172 valence electrons. The fraction of sp³-hybridized carbons (Fsp3) is 0.444. The van der Waals surface area contributed by atoms with Crippen LogP contribution >= 0.6 is 11.3 Å². The van der Waals surface area contributed by atoms with Crippen molar-refractivity contribution < 1.29 is 4.79 Å². The van der Waals surface area contributed by atoms with Crippen LogP contribution in [0.1, 0.15) is 68.6 Å². The Kier molecular flexibility index (Phi) is 6.06. The van der Waals surface area contributed by atoms with Gasteiger partial charge in [-0.1, -0.05) is 26.8 Å². The smallest absolute Gasteiger partial charge is 0.146 e. The molecule has 4 aromatic rings. The van der Waals surface area contributed by atoms with Crippen molar-refractivity contribution in [3.8, 4) is 11.4 Å². The van der Waals surface area contributed by atoms with E-state index < -0.39 is 0 Å². The summed E-state index contributed by atoms with van der Waals surface area (Å²) in [7, 11) is 0. The number of thiazole rings is 1. The lowest BCUT2D eigenvalue weighted by molar-refractivity contribution is -0.120. The number of aryl methyl sites for hydroxylation is 1. The van der Waals surface area contributed by atoms with E-state index in [9.17, 15) is 4.79 Å². The number of aromatic nitrogens is 3. The van der Waals surface area contributed by atoms with Gasteiger partial charge in [0.15, 0.2) is 0 Å². The number of piperidine rings is 1. The number of hydrogen-bond donors (Lipinski definition) is 1. The number of benzene rings is 1. The van der Waals surface area contributed by atoms with Crippen LogP contribution in [0, 0.1) is 6.92 Å². The molecule has 0 spiro atoms. The van der Waals surface area contributed by atoms with E-state index in [2.05, 4.69) is 59.9 Å². The van der Waals surface area contributed by atoms with Crippen LogP contribution in [-0.2, 0) is 4.79 Å². The number of carbonyl (C=O) groups excluding carboxylic acids is 1. The van der Waals surface area contributed by atoms with Crippen molar-refractivity contribution in [3.05, 3.63) is 46.5 Å². The average molecular weight is 461 g/mol. The van der Waals surface area contributed by atoms with Crippen LogP contribution in [0.3, 0.4) is 0 Å². The van der Waals surface area contributed by atoms with Gasteiger partial charge < -0.3 is 4.98 Å². The highest BCUT2D eigenvalue weighted by molar-refractivity contribution is 7.16. The lowest BCUT2D eigenvalue weighted by Crippen LogP contribution is -2.36. The lowest BCUT2D eigenvalue weighted by Gasteiger charge is -2.31. The van der Waals surface area contributed by atoms with Gasteiger partial charge in [-0.25, -0.2) is 9.97 Å². The maximum absolute atomic E-state index is 11.8. The number of rotatable bonds is 6. The standard InChI is InChI=1S/C27H32N4OS/c1-5-20(32)14-31-10-8-18(9-11-31)19-6-7-22-21(13-19)24(16(2)3)26(29-22)23-12-17(4)25-27(30-23)33-15-28-25/h6-7,12-13,15-16,18,29H,5,8-11,14H2,1-4H3. The number of ketones is 1. The number of nitrogens with zero attached hydrogens (tertiary/aromatic N) is 3. The zero-order chi connectivity index (χ0) is 23.1. The van der Waals surface area contributed by atoms with E-state index in [4.69, 9.17) is 4.98 Å². The zero-order valence-corrected chi connectivity index (χ0v) is 20.8. The third kappa shape index (κ3) is 4.22. The molecule has 1 aliphatic heterocycles. The Morgan fingerprint density at radius 3 is 2.76 bits per heavy atom. The van der Waals surface area contributed by atoms with Crippen molar-refractivity contribution in [1.29, 1.82) is 0 Å². The molecule has 0 bridgehead atoms. The summed E-state index contributed by atoms with van der Waals surface area (Å²) in [6.07, 6.45) is 2.86. The Morgan fingerprint density at radius 2 is 2.03 bits per heavy atom. The molecule has 0 saturated carbocycles. The molecule has 4 heterocycles. The molecule has 0 aliphatic carbocycles. The molecule has 1 aliphatic rings. The van der Waals surface area contributed by atoms with Gasteiger partial charge in [0.05, 0.1) is 23.4 Å². The summed E-state index contributed by atoms with van der Waals surface area (Å²) in [5.41, 5.74) is 10.1. The Bertz CT molecular complexity index is 1310. The normalized spacial score (nSPS) is 15.8. The van der Waals surface area contributed by atoms with Crippen molar-refractivity contribution in [1.82, 2.24) is 19.9 Å². The fourth-order valence-electron chi connectivity index (χ4n) is 5.20. The highest BCUT2D eigenvalue weighted by atomic mass is 32.1. The second-order valence-electron chi connectivity index (χ2n) is 9.65. The number of H-pyrrole nitrogens is 1. The number of pyridine rings is 1. The Morgan fingerprint density at radius 1 is 1.24 bits per heavy atom. The van der Waals surface area contributed by atoms with Crippen molar-refractivity contribution in [3.63, 3.8) is 0 Å². The molecule has 5 rings (SSSR count). The minimum absolute atomic E-state index is 0.344. The van der Waals surface area contributed by atoms with E-state index in [0.717, 1.165) is 47.7 Å². The van der Waals surface area contributed by atoms with Crippen LogP contribution in [-0.4, -0.2) is 45.3 Å². The molecule has 3 aromatic heterocycles. The molecule has 0 radical (unpaired) electrons. The van der Waals surface area contributed by atoms with Crippen LogP contribution in [0.15, 0.2) is 29.8 Å². The second kappa shape index (κ2) is 8.99. The van der Waals surface area contributed by atoms with Gasteiger partial charge in [0.1, 0.15) is 16.1 Å². The summed E-state index contributed by atoms with van der Waals surface area (Å²) in [5.74, 6) is 1.27. The van der Waals surface area contributed by atoms with Gasteiger partial charge in [0, 0.05) is 17.3 Å². The van der Waals surface area contributed by atoms with Crippen LogP contribution in [0.2, 0.25) is 0 Å². The Balaban J connectivity index is 1.48. The van der Waals surface area contributed by atoms with Crippen molar-refractivity contribution >= 4 is 38.4 Å². The zero-order valence-electron chi connectivity index (χ0n) is 19.9. The number of likely N-dealkylation sites (tertiary alicyclic amines) is 1. The summed E-state index contributed by atoms with van der Waals surface area (Å²) in [6.45, 7) is 11.2. The monoisotopic (exact) mass is 460 g/mol. The third-order valence-electron chi connectivity index (χ3n) is 7.05. The molecule has 6 heteroatoms. The van der Waals surface area contributed by atoms with E-state index in [0.29, 0.717) is 30.6 Å². The van der Waals surface area contributed by atoms with E-state index in [1.54, 1.807) is 11.3 Å². The maximum atomic E-state index is 11.8. The van der Waals surface area contributed by atoms with Crippen LogP contribution < -0.4 is 0 Å². The molecule has 1 aromatic carbocycles. The molecule has 0 unspecified atom stereocenters. The Hall–Kier alpha value is -2.57. The predicted octanol–water partition coefficient (Wildman–Crippen LogP) is 6.43. The molecule has 1 saturated heterocycles. The molecular weight excluding hydrogens is 428 g/mol. The number of fused-ring (bicyclic) bond motifs is 2. The van der Waals surface area contributed by atoms with E-state index >= 15 is 0 Å². The van der Waals surface area contributed by atoms with Gasteiger partial charge in [-0.05, 0) is 79.6 Å². The minimum Gasteiger partial charge on any atom is -0.353 e. The maximum Gasteiger partial charge on any atom is 0.146 e. The topological polar surface area (TPSA) is 61.9 Å². The Labute approximate surface area is 199 Å². The average Bonchev–Trinajstić information content (AvgIpc) is 3.44. The third-order valence-corrected chi connectivity index (χ3v) is 7.77. The number of Topliss-reactive ketones (excluding diaryl/α,β-unsaturated/α-hetero) is 1. The number of carbonyl (C=O) groups is 1. The summed E-state index contributed by atoms with van der Waals surface area (Å²) in [4.78, 5) is 28.2. The molecule has 1 fully saturated rings. The second-order valence-corrected chi connectivity index (χ2v) is 10.5. The van der Waals surface area contributed by atoms with Gasteiger partial charge in [-0.2, -0.15) is 0 Å². The predicted molar refractivity (Wildman–Crippen MR) is 137 cm³/mol. The summed E-state index contributed by atoms with van der Waals surface area (Å²) >= 11 is 1.60. The van der Waals surface area contributed by atoms with Crippen LogP contribution in [0.25, 0.3) is 32.6 Å². The highest BCUT2D eigenvalue weighted by Gasteiger charge is 2.24. The first-order valence-corrected chi connectivity index (χ1v) is 12.9. The summed E-state index contributed by atoms with van der Waals surface area (Å²) in [6, 6.07) is 9.09. The first-order chi connectivity index (χ1) is 15.9. The first-order valence-electron chi connectivity index (χ1n) is 12.0. The molecule has 1 N–H and O–H groups in total. The van der Waals surface area contributed by atoms with Crippen molar-refractivity contribution in [2.24, 2.45) is 0 Å².